The van der Waals surface area contributed by atoms with Gasteiger partial charge in [0, 0.05) is 12.2 Å². The Morgan fingerprint density at radius 2 is 1.73 bits per heavy atom. The standard InChI is InChI=1S/C24H33N5O3S/c1-15(2)20-12-19(21-16(3)28-29(22(21)27-20)24(4,5)6)23(30)26-13-17-8-10-18(11-9-17)14-33(31,32)25-7/h8-12,15,25H,13-14H2,1-7H3,(H,26,30). The van der Waals surface area contributed by atoms with Crippen LogP contribution in [0, 0.1) is 6.92 Å². The number of nitrogens with zero attached hydrogens (tertiary/aromatic N) is 3. The smallest absolute Gasteiger partial charge is 0.252 e. The van der Waals surface area contributed by atoms with Gasteiger partial charge in [0.2, 0.25) is 10.0 Å². The summed E-state index contributed by atoms with van der Waals surface area (Å²) in [6.07, 6.45) is 0. The molecule has 8 nitrogen and oxygen atoms in total. The Labute approximate surface area is 195 Å². The highest BCUT2D eigenvalue weighted by Gasteiger charge is 2.25. The first-order valence-corrected chi connectivity index (χ1v) is 12.7. The van der Waals surface area contributed by atoms with Gasteiger partial charge in [-0.15, -0.1) is 0 Å². The highest BCUT2D eigenvalue weighted by molar-refractivity contribution is 7.88. The van der Waals surface area contributed by atoms with Crippen LogP contribution in [0.2, 0.25) is 0 Å². The van der Waals surface area contributed by atoms with Gasteiger partial charge in [-0.25, -0.2) is 22.8 Å². The Balaban J connectivity index is 1.89. The summed E-state index contributed by atoms with van der Waals surface area (Å²) in [4.78, 5) is 18.1. The third-order valence-electron chi connectivity index (χ3n) is 5.45. The van der Waals surface area contributed by atoms with Crippen molar-refractivity contribution < 1.29 is 13.2 Å². The van der Waals surface area contributed by atoms with E-state index in [1.54, 1.807) is 12.1 Å². The van der Waals surface area contributed by atoms with Gasteiger partial charge in [0.05, 0.1) is 27.9 Å². The Kier molecular flexibility index (Phi) is 6.95. The quantitative estimate of drug-likeness (QED) is 0.548. The summed E-state index contributed by atoms with van der Waals surface area (Å²) in [5.74, 6) is -0.117. The second kappa shape index (κ2) is 9.23. The van der Waals surface area contributed by atoms with Gasteiger partial charge in [0.15, 0.2) is 5.65 Å². The molecule has 1 amide bonds. The van der Waals surface area contributed by atoms with Crippen molar-refractivity contribution in [2.24, 2.45) is 0 Å². The van der Waals surface area contributed by atoms with E-state index in [4.69, 9.17) is 4.98 Å². The number of aryl methyl sites for hydroxylation is 1. The SMILES string of the molecule is CNS(=O)(=O)Cc1ccc(CNC(=O)c2cc(C(C)C)nc3c2c(C)nn3C(C)(C)C)cc1. The average molecular weight is 472 g/mol. The molecule has 0 unspecified atom stereocenters. The number of pyridine rings is 1. The summed E-state index contributed by atoms with van der Waals surface area (Å²) < 4.78 is 27.6. The molecule has 2 aromatic heterocycles. The molecule has 0 radical (unpaired) electrons. The molecule has 178 valence electrons. The molecule has 9 heteroatoms. The summed E-state index contributed by atoms with van der Waals surface area (Å²) in [7, 11) is -1.93. The highest BCUT2D eigenvalue weighted by Crippen LogP contribution is 2.29. The molecule has 33 heavy (non-hydrogen) atoms. The van der Waals surface area contributed by atoms with Crippen molar-refractivity contribution in [3.05, 3.63) is 58.4 Å². The molecule has 0 aliphatic rings. The van der Waals surface area contributed by atoms with Crippen LogP contribution in [0.4, 0.5) is 0 Å². The lowest BCUT2D eigenvalue weighted by atomic mass is 10.0. The molecular formula is C24H33N5O3S. The maximum absolute atomic E-state index is 13.2. The molecule has 3 rings (SSSR count). The summed E-state index contributed by atoms with van der Waals surface area (Å²) in [5.41, 5.74) is 4.18. The fraction of sp³-hybridized carbons (Fsp3) is 0.458. The Morgan fingerprint density at radius 1 is 1.12 bits per heavy atom. The van der Waals surface area contributed by atoms with Gasteiger partial charge in [-0.1, -0.05) is 38.1 Å². The third kappa shape index (κ3) is 5.59. The van der Waals surface area contributed by atoms with E-state index in [0.29, 0.717) is 23.3 Å². The maximum Gasteiger partial charge on any atom is 0.252 e. The maximum atomic E-state index is 13.2. The van der Waals surface area contributed by atoms with E-state index < -0.39 is 10.0 Å². The Bertz CT molecular complexity index is 1270. The summed E-state index contributed by atoms with van der Waals surface area (Å²) in [5, 5.41) is 8.45. The second-order valence-corrected chi connectivity index (χ2v) is 11.5. The van der Waals surface area contributed by atoms with Crippen molar-refractivity contribution in [1.29, 1.82) is 0 Å². The van der Waals surface area contributed by atoms with Crippen LogP contribution in [-0.4, -0.2) is 36.1 Å². The van der Waals surface area contributed by atoms with Gasteiger partial charge >= 0.3 is 0 Å². The number of rotatable bonds is 7. The molecule has 0 atom stereocenters. The predicted octanol–water partition coefficient (Wildman–Crippen LogP) is 3.60. The molecule has 0 saturated heterocycles. The number of hydrogen-bond acceptors (Lipinski definition) is 5. The number of hydrogen-bond donors (Lipinski definition) is 2. The third-order valence-corrected chi connectivity index (χ3v) is 6.78. The lowest BCUT2D eigenvalue weighted by Gasteiger charge is -2.20. The van der Waals surface area contributed by atoms with Crippen molar-refractivity contribution in [1.82, 2.24) is 24.8 Å². The van der Waals surface area contributed by atoms with Crippen molar-refractivity contribution in [3.8, 4) is 0 Å². The second-order valence-electron chi connectivity index (χ2n) is 9.58. The van der Waals surface area contributed by atoms with E-state index in [1.165, 1.54) is 7.05 Å². The average Bonchev–Trinajstić information content (AvgIpc) is 3.09. The number of aromatic nitrogens is 3. The number of amides is 1. The monoisotopic (exact) mass is 471 g/mol. The topological polar surface area (TPSA) is 106 Å². The molecule has 0 spiro atoms. The van der Waals surface area contributed by atoms with Gasteiger partial charge in [-0.05, 0) is 57.9 Å². The molecule has 0 fully saturated rings. The normalized spacial score (nSPS) is 12.5. The summed E-state index contributed by atoms with van der Waals surface area (Å²) in [6, 6.07) is 9.03. The Morgan fingerprint density at radius 3 is 2.27 bits per heavy atom. The highest BCUT2D eigenvalue weighted by atomic mass is 32.2. The molecule has 2 heterocycles. The summed E-state index contributed by atoms with van der Waals surface area (Å²) >= 11 is 0. The van der Waals surface area contributed by atoms with Crippen molar-refractivity contribution >= 4 is 27.0 Å². The van der Waals surface area contributed by atoms with E-state index in [-0.39, 0.29) is 23.1 Å². The minimum Gasteiger partial charge on any atom is -0.348 e. The van der Waals surface area contributed by atoms with Gasteiger partial charge in [-0.3, -0.25) is 4.79 Å². The Hall–Kier alpha value is -2.78. The van der Waals surface area contributed by atoms with E-state index >= 15 is 0 Å². The van der Waals surface area contributed by atoms with Crippen LogP contribution in [0.5, 0.6) is 0 Å². The molecule has 0 bridgehead atoms. The zero-order chi connectivity index (χ0) is 24.6. The summed E-state index contributed by atoms with van der Waals surface area (Å²) in [6.45, 7) is 12.5. The van der Waals surface area contributed by atoms with Crippen LogP contribution < -0.4 is 10.0 Å². The van der Waals surface area contributed by atoms with Crippen LogP contribution in [-0.2, 0) is 27.9 Å². The van der Waals surface area contributed by atoms with Gasteiger partial charge in [0.1, 0.15) is 0 Å². The molecule has 0 aliphatic heterocycles. The molecule has 0 saturated carbocycles. The van der Waals surface area contributed by atoms with E-state index in [2.05, 4.69) is 49.8 Å². The molecule has 2 N–H and O–H groups in total. The molecule has 0 aliphatic carbocycles. The van der Waals surface area contributed by atoms with E-state index in [0.717, 1.165) is 22.3 Å². The van der Waals surface area contributed by atoms with Gasteiger partial charge in [0.25, 0.3) is 5.91 Å². The minimum absolute atomic E-state index is 0.0832. The number of fused-ring (bicyclic) bond motifs is 1. The predicted molar refractivity (Wildman–Crippen MR) is 131 cm³/mol. The first-order chi connectivity index (χ1) is 15.3. The van der Waals surface area contributed by atoms with Crippen LogP contribution in [0.3, 0.4) is 0 Å². The lowest BCUT2D eigenvalue weighted by Crippen LogP contribution is -2.25. The fourth-order valence-electron chi connectivity index (χ4n) is 3.57. The van der Waals surface area contributed by atoms with Gasteiger partial charge in [-0.2, -0.15) is 5.10 Å². The minimum atomic E-state index is -3.33. The first kappa shape index (κ1) is 24.9. The van der Waals surface area contributed by atoms with E-state index in [1.807, 2.05) is 29.8 Å². The zero-order valence-corrected chi connectivity index (χ0v) is 21.2. The molecular weight excluding hydrogens is 438 g/mol. The van der Waals surface area contributed by atoms with Crippen LogP contribution in [0.25, 0.3) is 11.0 Å². The van der Waals surface area contributed by atoms with Crippen molar-refractivity contribution in [2.75, 3.05) is 7.05 Å². The van der Waals surface area contributed by atoms with Crippen LogP contribution in [0.15, 0.2) is 30.3 Å². The van der Waals surface area contributed by atoms with Crippen LogP contribution in [0.1, 0.15) is 73.4 Å². The first-order valence-electron chi connectivity index (χ1n) is 11.0. The fourth-order valence-corrected chi connectivity index (χ4v) is 4.35. The van der Waals surface area contributed by atoms with E-state index in [9.17, 15) is 13.2 Å². The number of carbonyl (C=O) groups is 1. The number of nitrogens with one attached hydrogen (secondary N) is 2. The van der Waals surface area contributed by atoms with Gasteiger partial charge < -0.3 is 5.32 Å². The zero-order valence-electron chi connectivity index (χ0n) is 20.4. The number of benzene rings is 1. The molecule has 3 aromatic rings. The largest absolute Gasteiger partial charge is 0.348 e. The lowest BCUT2D eigenvalue weighted by molar-refractivity contribution is 0.0952. The van der Waals surface area contributed by atoms with Crippen molar-refractivity contribution in [2.45, 2.75) is 65.3 Å². The number of sulfonamides is 1. The van der Waals surface area contributed by atoms with Crippen molar-refractivity contribution in [3.63, 3.8) is 0 Å². The number of carbonyl (C=O) groups excluding carboxylic acids is 1. The molecule has 1 aromatic carbocycles. The van der Waals surface area contributed by atoms with Crippen LogP contribution >= 0.6 is 0 Å².